The van der Waals surface area contributed by atoms with Crippen molar-refractivity contribution in [2.24, 2.45) is 0 Å². The number of anilines is 1. The maximum atomic E-state index is 12.8. The molecule has 130 valence electrons. The number of carbonyl (C=O) groups is 1. The minimum absolute atomic E-state index is 0.199. The van der Waals surface area contributed by atoms with Crippen LogP contribution in [0.15, 0.2) is 52.9 Å². The van der Waals surface area contributed by atoms with Crippen molar-refractivity contribution in [3.05, 3.63) is 58.4 Å². The van der Waals surface area contributed by atoms with Gasteiger partial charge in [-0.2, -0.15) is 0 Å². The predicted molar refractivity (Wildman–Crippen MR) is 108 cm³/mol. The van der Waals surface area contributed by atoms with Gasteiger partial charge in [-0.3, -0.25) is 10.1 Å². The smallest absolute Gasteiger partial charge is 0.258 e. The zero-order chi connectivity index (χ0) is 18.7. The Bertz CT molecular complexity index is 1050. The summed E-state index contributed by atoms with van der Waals surface area (Å²) in [6, 6.07) is 9.99. The topological polar surface area (TPSA) is 76.1 Å². The van der Waals surface area contributed by atoms with E-state index in [1.807, 2.05) is 17.5 Å². The third kappa shape index (κ3) is 4.49. The lowest BCUT2D eigenvalue weighted by Crippen LogP contribution is -2.13. The monoisotopic (exact) mass is 400 g/mol. The van der Waals surface area contributed by atoms with Crippen molar-refractivity contribution in [2.45, 2.75) is 4.90 Å². The van der Waals surface area contributed by atoms with E-state index in [4.69, 9.17) is 7.85 Å². The van der Waals surface area contributed by atoms with Gasteiger partial charge in [0.15, 0.2) is 15.0 Å². The van der Waals surface area contributed by atoms with Gasteiger partial charge >= 0.3 is 0 Å². The Hall–Kier alpha value is -2.23. The van der Waals surface area contributed by atoms with Gasteiger partial charge in [-0.05, 0) is 40.0 Å². The SMILES string of the molecule is [B]c1cnc(NC(=O)/C(=C/c2cccs2)c2ccc(S(C)(=O)=O)cc2)s1. The Kier molecular flexibility index (Phi) is 5.40. The van der Waals surface area contributed by atoms with E-state index in [0.29, 0.717) is 21.0 Å². The highest BCUT2D eigenvalue weighted by atomic mass is 32.2. The van der Waals surface area contributed by atoms with Crippen molar-refractivity contribution in [3.8, 4) is 0 Å². The molecule has 26 heavy (non-hydrogen) atoms. The Morgan fingerprint density at radius 3 is 2.50 bits per heavy atom. The second kappa shape index (κ2) is 7.57. The van der Waals surface area contributed by atoms with Crippen molar-refractivity contribution in [1.82, 2.24) is 4.98 Å². The van der Waals surface area contributed by atoms with Crippen LogP contribution in [0.5, 0.6) is 0 Å². The number of nitrogens with one attached hydrogen (secondary N) is 1. The van der Waals surface area contributed by atoms with Crippen LogP contribution < -0.4 is 10.1 Å². The minimum Gasteiger partial charge on any atom is -0.298 e. The quantitative estimate of drug-likeness (QED) is 0.528. The van der Waals surface area contributed by atoms with Crippen LogP contribution in [0.25, 0.3) is 11.6 Å². The standard InChI is InChI=1S/C17H13BN2O3S3/c1-26(22,23)13-6-4-11(5-7-13)14(9-12-3-2-8-24-12)16(21)20-17-19-10-15(18)25-17/h2-10H,1H3,(H,19,20,21)/b14-9+. The number of thiazole rings is 1. The van der Waals surface area contributed by atoms with Gasteiger partial charge in [-0.1, -0.05) is 18.2 Å². The highest BCUT2D eigenvalue weighted by Crippen LogP contribution is 2.24. The lowest BCUT2D eigenvalue weighted by molar-refractivity contribution is -0.111. The summed E-state index contributed by atoms with van der Waals surface area (Å²) >= 11 is 2.67. The molecule has 3 rings (SSSR count). The zero-order valence-corrected chi connectivity index (χ0v) is 16.1. The second-order valence-corrected chi connectivity index (χ2v) is 9.45. The molecule has 0 unspecified atom stereocenters. The second-order valence-electron chi connectivity index (χ2n) is 5.39. The molecule has 0 saturated carbocycles. The van der Waals surface area contributed by atoms with E-state index < -0.39 is 9.84 Å². The molecular formula is C17H13BN2O3S3. The number of hydrogen-bond donors (Lipinski definition) is 1. The summed E-state index contributed by atoms with van der Waals surface area (Å²) in [5, 5.41) is 5.04. The largest absolute Gasteiger partial charge is 0.298 e. The highest BCUT2D eigenvalue weighted by molar-refractivity contribution is 7.90. The van der Waals surface area contributed by atoms with Crippen molar-refractivity contribution in [1.29, 1.82) is 0 Å². The van der Waals surface area contributed by atoms with E-state index in [9.17, 15) is 13.2 Å². The minimum atomic E-state index is -3.30. The van der Waals surface area contributed by atoms with Crippen LogP contribution in [0.3, 0.4) is 0 Å². The molecule has 5 nitrogen and oxygen atoms in total. The fourth-order valence-electron chi connectivity index (χ4n) is 2.19. The number of sulfone groups is 1. The van der Waals surface area contributed by atoms with Gasteiger partial charge in [0.05, 0.1) is 4.90 Å². The maximum absolute atomic E-state index is 12.8. The van der Waals surface area contributed by atoms with Gasteiger partial charge in [0, 0.05) is 22.9 Å². The fraction of sp³-hybridized carbons (Fsp3) is 0.0588. The lowest BCUT2D eigenvalue weighted by Gasteiger charge is -2.08. The molecule has 0 spiro atoms. The number of rotatable bonds is 5. The highest BCUT2D eigenvalue weighted by Gasteiger charge is 2.16. The van der Waals surface area contributed by atoms with Gasteiger partial charge in [0.25, 0.3) is 5.91 Å². The van der Waals surface area contributed by atoms with Crippen molar-refractivity contribution in [3.63, 3.8) is 0 Å². The molecule has 0 fully saturated rings. The molecule has 2 heterocycles. The molecule has 0 atom stereocenters. The molecule has 1 N–H and O–H groups in total. The van der Waals surface area contributed by atoms with Crippen molar-refractivity contribution in [2.75, 3.05) is 11.6 Å². The molecular weight excluding hydrogens is 387 g/mol. The van der Waals surface area contributed by atoms with Gasteiger partial charge in [-0.15, -0.1) is 22.7 Å². The summed E-state index contributed by atoms with van der Waals surface area (Å²) in [7, 11) is 2.34. The number of hydrogen-bond acceptors (Lipinski definition) is 6. The Labute approximate surface area is 160 Å². The van der Waals surface area contributed by atoms with E-state index >= 15 is 0 Å². The number of thiophene rings is 1. The van der Waals surface area contributed by atoms with Gasteiger partial charge in [0.2, 0.25) is 0 Å². The summed E-state index contributed by atoms with van der Waals surface area (Å²) < 4.78 is 23.8. The summed E-state index contributed by atoms with van der Waals surface area (Å²) in [6.07, 6.45) is 4.38. The maximum Gasteiger partial charge on any atom is 0.258 e. The molecule has 3 aromatic rings. The Morgan fingerprint density at radius 2 is 1.96 bits per heavy atom. The average Bonchev–Trinajstić information content (AvgIpc) is 3.23. The van der Waals surface area contributed by atoms with E-state index in [1.54, 1.807) is 18.2 Å². The normalized spacial score (nSPS) is 12.1. The molecule has 0 aliphatic carbocycles. The van der Waals surface area contributed by atoms with Crippen LogP contribution in [-0.2, 0) is 14.6 Å². The number of carbonyl (C=O) groups excluding carboxylic acids is 1. The first-order chi connectivity index (χ1) is 12.3. The third-order valence-corrected chi connectivity index (χ3v) is 6.10. The van der Waals surface area contributed by atoms with Crippen LogP contribution in [0.1, 0.15) is 10.4 Å². The van der Waals surface area contributed by atoms with Crippen LogP contribution in [0.2, 0.25) is 0 Å². The van der Waals surface area contributed by atoms with Crippen LogP contribution in [0, 0.1) is 0 Å². The van der Waals surface area contributed by atoms with Crippen LogP contribution in [-0.4, -0.2) is 33.4 Å². The molecule has 2 radical (unpaired) electrons. The molecule has 1 amide bonds. The summed E-state index contributed by atoms with van der Waals surface area (Å²) in [4.78, 5) is 17.9. The number of aromatic nitrogens is 1. The summed E-state index contributed by atoms with van der Waals surface area (Å²) in [5.41, 5.74) is 1.01. The number of benzene rings is 1. The van der Waals surface area contributed by atoms with Crippen LogP contribution >= 0.6 is 22.7 Å². The Morgan fingerprint density at radius 1 is 1.23 bits per heavy atom. The van der Waals surface area contributed by atoms with E-state index in [0.717, 1.165) is 11.1 Å². The third-order valence-electron chi connectivity index (χ3n) is 3.41. The van der Waals surface area contributed by atoms with E-state index in [2.05, 4.69) is 10.3 Å². The van der Waals surface area contributed by atoms with Gasteiger partial charge < -0.3 is 0 Å². The summed E-state index contributed by atoms with van der Waals surface area (Å²) in [5.74, 6) is -0.347. The number of nitrogens with zero attached hydrogens (tertiary/aromatic N) is 1. The predicted octanol–water partition coefficient (Wildman–Crippen LogP) is 2.58. The lowest BCUT2D eigenvalue weighted by atomic mass is 10.0. The molecule has 0 bridgehead atoms. The first kappa shape index (κ1) is 18.6. The fourth-order valence-corrected chi connectivity index (χ4v) is 4.05. The first-order valence-corrected chi connectivity index (χ1v) is 11.0. The summed E-state index contributed by atoms with van der Waals surface area (Å²) in [6.45, 7) is 0. The molecule has 0 aliphatic heterocycles. The van der Waals surface area contributed by atoms with Crippen molar-refractivity contribution < 1.29 is 13.2 Å². The molecule has 0 aliphatic rings. The van der Waals surface area contributed by atoms with Gasteiger partial charge in [-0.25, -0.2) is 13.4 Å². The van der Waals surface area contributed by atoms with E-state index in [-0.39, 0.29) is 10.8 Å². The molecule has 2 aromatic heterocycles. The van der Waals surface area contributed by atoms with Crippen LogP contribution in [0.4, 0.5) is 5.13 Å². The van der Waals surface area contributed by atoms with Gasteiger partial charge in [0.1, 0.15) is 7.85 Å². The molecule has 9 heteroatoms. The Balaban J connectivity index is 1.97. The molecule has 0 saturated heterocycles. The van der Waals surface area contributed by atoms with E-state index in [1.165, 1.54) is 41.0 Å². The molecule has 1 aromatic carbocycles. The average molecular weight is 400 g/mol. The number of amides is 1. The zero-order valence-electron chi connectivity index (χ0n) is 13.7. The van der Waals surface area contributed by atoms with Crippen molar-refractivity contribution >= 4 is 67.8 Å². The first-order valence-electron chi connectivity index (χ1n) is 7.41.